The molecule has 1 aromatic heterocycles. The number of nitrogens with zero attached hydrogens (tertiary/aromatic N) is 3. The molecular weight excluding hydrogens is 275 g/mol. The van der Waals surface area contributed by atoms with Crippen molar-refractivity contribution in [1.29, 1.82) is 0 Å². The van der Waals surface area contributed by atoms with E-state index in [4.69, 9.17) is 0 Å². The number of rotatable bonds is 8. The maximum absolute atomic E-state index is 4.07. The Balaban J connectivity index is 0.00000289. The molecule has 0 atom stereocenters. The van der Waals surface area contributed by atoms with Crippen LogP contribution in [0.1, 0.15) is 45.4 Å². The fourth-order valence-electron chi connectivity index (χ4n) is 1.54. The molecular formula is C11H21N4NaS2. The summed E-state index contributed by atoms with van der Waals surface area (Å²) in [7, 11) is 0. The van der Waals surface area contributed by atoms with Crippen molar-refractivity contribution in [3.63, 3.8) is 0 Å². The summed E-state index contributed by atoms with van der Waals surface area (Å²) in [6.45, 7) is 3.11. The van der Waals surface area contributed by atoms with Gasteiger partial charge in [-0.1, -0.05) is 39.0 Å². The SMILES string of the molecule is CCCCCCCCNc1nc(S)nc(S)n1.[NaH]. The van der Waals surface area contributed by atoms with Crippen molar-refractivity contribution in [2.24, 2.45) is 0 Å². The fourth-order valence-corrected chi connectivity index (χ4v) is 2.00. The summed E-state index contributed by atoms with van der Waals surface area (Å²) in [4.78, 5) is 12.0. The third kappa shape index (κ3) is 8.58. The zero-order valence-electron chi connectivity index (χ0n) is 10.2. The Morgan fingerprint density at radius 2 is 1.44 bits per heavy atom. The minimum atomic E-state index is 0. The maximum atomic E-state index is 4.07. The first-order valence-corrected chi connectivity index (χ1v) is 6.99. The minimum absolute atomic E-state index is 0. The summed E-state index contributed by atoms with van der Waals surface area (Å²) in [6, 6.07) is 0. The molecule has 0 unspecified atom stereocenters. The first-order chi connectivity index (χ1) is 8.22. The van der Waals surface area contributed by atoms with Gasteiger partial charge in [0.2, 0.25) is 5.95 Å². The molecule has 0 amide bonds. The summed E-state index contributed by atoms with van der Waals surface area (Å²) >= 11 is 8.15. The van der Waals surface area contributed by atoms with Crippen molar-refractivity contribution in [3.8, 4) is 0 Å². The van der Waals surface area contributed by atoms with Crippen LogP contribution >= 0.6 is 25.3 Å². The van der Waals surface area contributed by atoms with E-state index in [1.54, 1.807) is 0 Å². The molecule has 1 heterocycles. The zero-order chi connectivity index (χ0) is 12.5. The van der Waals surface area contributed by atoms with Gasteiger partial charge in [0.15, 0.2) is 10.3 Å². The fraction of sp³-hybridized carbons (Fsp3) is 0.727. The molecule has 0 aliphatic rings. The second-order valence-electron chi connectivity index (χ2n) is 3.95. The summed E-state index contributed by atoms with van der Waals surface area (Å²) in [5.74, 6) is 0.559. The molecule has 4 nitrogen and oxygen atoms in total. The van der Waals surface area contributed by atoms with E-state index in [2.05, 4.69) is 52.5 Å². The van der Waals surface area contributed by atoms with Crippen LogP contribution in [0.3, 0.4) is 0 Å². The van der Waals surface area contributed by atoms with Crippen LogP contribution in [-0.2, 0) is 0 Å². The van der Waals surface area contributed by atoms with E-state index in [0.717, 1.165) is 13.0 Å². The van der Waals surface area contributed by atoms with E-state index >= 15 is 0 Å². The van der Waals surface area contributed by atoms with E-state index in [1.807, 2.05) is 0 Å². The number of hydrogen-bond donors (Lipinski definition) is 3. The second kappa shape index (κ2) is 11.3. The molecule has 0 spiro atoms. The van der Waals surface area contributed by atoms with Gasteiger partial charge in [0.05, 0.1) is 0 Å². The summed E-state index contributed by atoms with van der Waals surface area (Å²) in [5.41, 5.74) is 0. The molecule has 7 heteroatoms. The van der Waals surface area contributed by atoms with E-state index in [1.165, 1.54) is 32.1 Å². The number of unbranched alkanes of at least 4 members (excludes halogenated alkanes) is 5. The molecule has 0 aliphatic heterocycles. The van der Waals surface area contributed by atoms with Crippen LogP contribution in [0.4, 0.5) is 5.95 Å². The molecule has 1 aromatic rings. The number of aromatic nitrogens is 3. The van der Waals surface area contributed by atoms with Crippen LogP contribution in [0.25, 0.3) is 0 Å². The van der Waals surface area contributed by atoms with Crippen molar-refractivity contribution in [2.45, 2.75) is 55.8 Å². The molecule has 1 rings (SSSR count). The van der Waals surface area contributed by atoms with Gasteiger partial charge in [-0.2, -0.15) is 15.0 Å². The average Bonchev–Trinajstić information content (AvgIpc) is 2.26. The van der Waals surface area contributed by atoms with Crippen molar-refractivity contribution >= 4 is 60.8 Å². The molecule has 0 radical (unpaired) electrons. The number of hydrogen-bond acceptors (Lipinski definition) is 6. The summed E-state index contributed by atoms with van der Waals surface area (Å²) in [6.07, 6.45) is 7.66. The van der Waals surface area contributed by atoms with E-state index < -0.39 is 0 Å². The molecule has 1 N–H and O–H groups in total. The van der Waals surface area contributed by atoms with E-state index in [9.17, 15) is 0 Å². The van der Waals surface area contributed by atoms with Gasteiger partial charge in [-0.3, -0.25) is 0 Å². The van der Waals surface area contributed by atoms with E-state index in [-0.39, 0.29) is 29.6 Å². The van der Waals surface area contributed by atoms with Crippen LogP contribution < -0.4 is 5.32 Å². The normalized spacial score (nSPS) is 9.94. The molecule has 98 valence electrons. The zero-order valence-corrected chi connectivity index (χ0v) is 12.0. The van der Waals surface area contributed by atoms with Gasteiger partial charge < -0.3 is 5.32 Å². The monoisotopic (exact) mass is 296 g/mol. The van der Waals surface area contributed by atoms with Gasteiger partial charge in [0.25, 0.3) is 0 Å². The molecule has 0 saturated heterocycles. The van der Waals surface area contributed by atoms with Gasteiger partial charge in [-0.15, -0.1) is 25.3 Å². The van der Waals surface area contributed by atoms with Crippen LogP contribution in [0, 0.1) is 0 Å². The molecule has 0 bridgehead atoms. The Morgan fingerprint density at radius 3 is 2.06 bits per heavy atom. The van der Waals surface area contributed by atoms with Crippen molar-refractivity contribution in [3.05, 3.63) is 0 Å². The third-order valence-electron chi connectivity index (χ3n) is 2.43. The van der Waals surface area contributed by atoms with Crippen LogP contribution in [0.5, 0.6) is 0 Å². The number of thiol groups is 2. The first-order valence-electron chi connectivity index (χ1n) is 6.10. The average molecular weight is 296 g/mol. The van der Waals surface area contributed by atoms with Crippen molar-refractivity contribution < 1.29 is 0 Å². The van der Waals surface area contributed by atoms with Crippen LogP contribution in [-0.4, -0.2) is 51.1 Å². The molecule has 0 aromatic carbocycles. The van der Waals surface area contributed by atoms with Crippen LogP contribution in [0.2, 0.25) is 0 Å². The molecule has 0 fully saturated rings. The first kappa shape index (κ1) is 18.5. The Hall–Kier alpha value is 0.510. The summed E-state index contributed by atoms with van der Waals surface area (Å²) in [5, 5.41) is 3.95. The molecule has 18 heavy (non-hydrogen) atoms. The number of nitrogens with one attached hydrogen (secondary N) is 1. The predicted octanol–water partition coefficient (Wildman–Crippen LogP) is 2.57. The van der Waals surface area contributed by atoms with Crippen LogP contribution in [0.15, 0.2) is 10.3 Å². The van der Waals surface area contributed by atoms with Crippen molar-refractivity contribution in [2.75, 3.05) is 11.9 Å². The Bertz CT molecular complexity index is 319. The third-order valence-corrected chi connectivity index (χ3v) is 2.83. The van der Waals surface area contributed by atoms with E-state index in [0.29, 0.717) is 16.3 Å². The predicted molar refractivity (Wildman–Crippen MR) is 83.3 cm³/mol. The standard InChI is InChI=1S/C11H20N4S2.Na.H/c1-2-3-4-5-6-7-8-12-9-13-10(16)15-11(17)14-9;;/h2-8H2,1H3,(H3,12,13,14,15,16,17);;. The molecule has 0 aliphatic carbocycles. The van der Waals surface area contributed by atoms with Gasteiger partial charge in [-0.05, 0) is 6.42 Å². The quantitative estimate of drug-likeness (QED) is 0.392. The van der Waals surface area contributed by atoms with Gasteiger partial charge in [0.1, 0.15) is 0 Å². The Morgan fingerprint density at radius 1 is 0.889 bits per heavy atom. The molecule has 0 saturated carbocycles. The van der Waals surface area contributed by atoms with Gasteiger partial charge in [0, 0.05) is 6.54 Å². The Labute approximate surface area is 142 Å². The van der Waals surface area contributed by atoms with Gasteiger partial charge >= 0.3 is 29.6 Å². The van der Waals surface area contributed by atoms with Gasteiger partial charge in [-0.25, -0.2) is 0 Å². The Kier molecular flexibility index (Phi) is 11.7. The number of anilines is 1. The topological polar surface area (TPSA) is 50.7 Å². The van der Waals surface area contributed by atoms with Crippen molar-refractivity contribution in [1.82, 2.24) is 15.0 Å². The second-order valence-corrected chi connectivity index (χ2v) is 4.75. The summed E-state index contributed by atoms with van der Waals surface area (Å²) < 4.78 is 0.